The van der Waals surface area contributed by atoms with Crippen LogP contribution >= 0.6 is 0 Å². The molecular formula is C13H19NO4. The molecule has 1 unspecified atom stereocenters. The van der Waals surface area contributed by atoms with Crippen molar-refractivity contribution in [3.8, 4) is 5.75 Å². The first-order valence-corrected chi connectivity index (χ1v) is 5.87. The lowest BCUT2D eigenvalue weighted by molar-refractivity contribution is -0.145. The monoisotopic (exact) mass is 253 g/mol. The minimum atomic E-state index is -0.768. The third-order valence-electron chi connectivity index (χ3n) is 2.32. The van der Waals surface area contributed by atoms with Gasteiger partial charge in [0.1, 0.15) is 5.75 Å². The molecule has 1 aromatic carbocycles. The van der Waals surface area contributed by atoms with Crippen LogP contribution < -0.4 is 10.1 Å². The van der Waals surface area contributed by atoms with E-state index in [9.17, 15) is 9.90 Å². The van der Waals surface area contributed by atoms with Gasteiger partial charge in [-0.2, -0.15) is 0 Å². The fraction of sp³-hybridized carbons (Fsp3) is 0.462. The van der Waals surface area contributed by atoms with Crippen molar-refractivity contribution in [2.24, 2.45) is 0 Å². The lowest BCUT2D eigenvalue weighted by Crippen LogP contribution is -2.23. The molecular weight excluding hydrogens is 234 g/mol. The van der Waals surface area contributed by atoms with Crippen LogP contribution in [0.15, 0.2) is 24.3 Å². The van der Waals surface area contributed by atoms with Gasteiger partial charge in [-0.3, -0.25) is 4.79 Å². The number of benzene rings is 1. The van der Waals surface area contributed by atoms with Crippen LogP contribution in [0.2, 0.25) is 0 Å². The van der Waals surface area contributed by atoms with Gasteiger partial charge in [-0.1, -0.05) is 6.07 Å². The molecule has 0 heterocycles. The van der Waals surface area contributed by atoms with Crippen LogP contribution in [-0.2, 0) is 9.53 Å². The molecule has 0 aliphatic heterocycles. The van der Waals surface area contributed by atoms with Crippen molar-refractivity contribution in [2.45, 2.75) is 19.4 Å². The fourth-order valence-electron chi connectivity index (χ4n) is 1.45. The molecule has 0 saturated carbocycles. The van der Waals surface area contributed by atoms with Crippen LogP contribution in [0.1, 0.15) is 13.3 Å². The summed E-state index contributed by atoms with van der Waals surface area (Å²) >= 11 is 0. The van der Waals surface area contributed by atoms with Crippen molar-refractivity contribution >= 4 is 11.7 Å². The van der Waals surface area contributed by atoms with Gasteiger partial charge in [-0.05, 0) is 19.1 Å². The maximum absolute atomic E-state index is 11.1. The van der Waals surface area contributed by atoms with Crippen LogP contribution in [0.4, 0.5) is 5.69 Å². The molecule has 0 bridgehead atoms. The average molecular weight is 253 g/mol. The van der Waals surface area contributed by atoms with E-state index in [4.69, 9.17) is 9.47 Å². The zero-order chi connectivity index (χ0) is 13.4. The minimum Gasteiger partial charge on any atom is -0.497 e. The maximum atomic E-state index is 11.1. The Kier molecular flexibility index (Phi) is 6.00. The second-order valence-electron chi connectivity index (χ2n) is 3.78. The molecule has 0 aliphatic carbocycles. The van der Waals surface area contributed by atoms with Gasteiger partial charge in [0.2, 0.25) is 0 Å². The number of carbonyl (C=O) groups excluding carboxylic acids is 1. The Morgan fingerprint density at radius 2 is 2.28 bits per heavy atom. The Bertz CT molecular complexity index is 381. The van der Waals surface area contributed by atoms with Crippen LogP contribution in [-0.4, -0.2) is 37.4 Å². The van der Waals surface area contributed by atoms with Crippen molar-refractivity contribution in [3.63, 3.8) is 0 Å². The summed E-state index contributed by atoms with van der Waals surface area (Å²) in [4.78, 5) is 11.1. The summed E-state index contributed by atoms with van der Waals surface area (Å²) in [7, 11) is 1.59. The summed E-state index contributed by atoms with van der Waals surface area (Å²) in [6.45, 7) is 2.35. The lowest BCUT2D eigenvalue weighted by Gasteiger charge is -2.12. The minimum absolute atomic E-state index is 0.00912. The standard InChI is InChI=1S/C13H19NO4/c1-3-18-13(16)8-11(15)9-14-10-5-4-6-12(7-10)17-2/h4-7,11,14-15H,3,8-9H2,1-2H3. The first kappa shape index (κ1) is 14.3. The van der Waals surface area contributed by atoms with Crippen LogP contribution in [0.5, 0.6) is 5.75 Å². The van der Waals surface area contributed by atoms with Gasteiger partial charge < -0.3 is 19.9 Å². The van der Waals surface area contributed by atoms with Crippen molar-refractivity contribution < 1.29 is 19.4 Å². The summed E-state index contributed by atoms with van der Waals surface area (Å²) in [5, 5.41) is 12.7. The Balaban J connectivity index is 2.37. The molecule has 5 nitrogen and oxygen atoms in total. The predicted octanol–water partition coefficient (Wildman–Crippen LogP) is 1.42. The molecule has 0 fully saturated rings. The van der Waals surface area contributed by atoms with Gasteiger partial charge in [-0.15, -0.1) is 0 Å². The number of aliphatic hydroxyl groups excluding tert-OH is 1. The highest BCUT2D eigenvalue weighted by Gasteiger charge is 2.11. The van der Waals surface area contributed by atoms with Gasteiger partial charge >= 0.3 is 5.97 Å². The number of rotatable bonds is 7. The molecule has 1 aromatic rings. The van der Waals surface area contributed by atoms with Crippen molar-refractivity contribution in [1.29, 1.82) is 0 Å². The molecule has 0 aromatic heterocycles. The number of esters is 1. The molecule has 5 heteroatoms. The summed E-state index contributed by atoms with van der Waals surface area (Å²) < 4.78 is 9.84. The first-order chi connectivity index (χ1) is 8.65. The van der Waals surface area contributed by atoms with Crippen molar-refractivity contribution in [3.05, 3.63) is 24.3 Å². The quantitative estimate of drug-likeness (QED) is 0.719. The Morgan fingerprint density at radius 3 is 2.94 bits per heavy atom. The number of methoxy groups -OCH3 is 1. The number of hydrogen-bond donors (Lipinski definition) is 2. The van der Waals surface area contributed by atoms with Gasteiger partial charge in [-0.25, -0.2) is 0 Å². The molecule has 100 valence electrons. The largest absolute Gasteiger partial charge is 0.497 e. The third kappa shape index (κ3) is 5.05. The number of nitrogens with one attached hydrogen (secondary N) is 1. The van der Waals surface area contributed by atoms with Crippen LogP contribution in [0.3, 0.4) is 0 Å². The first-order valence-electron chi connectivity index (χ1n) is 5.87. The molecule has 0 amide bonds. The zero-order valence-corrected chi connectivity index (χ0v) is 10.7. The van der Waals surface area contributed by atoms with E-state index in [0.29, 0.717) is 6.61 Å². The summed E-state index contributed by atoms with van der Waals surface area (Å²) in [5.41, 5.74) is 0.831. The second kappa shape index (κ2) is 7.55. The van der Waals surface area contributed by atoms with E-state index < -0.39 is 12.1 Å². The van der Waals surface area contributed by atoms with Crippen molar-refractivity contribution in [2.75, 3.05) is 25.6 Å². The predicted molar refractivity (Wildman–Crippen MR) is 68.7 cm³/mol. The van der Waals surface area contributed by atoms with Gasteiger partial charge in [0.15, 0.2) is 0 Å². The molecule has 0 saturated heterocycles. The van der Waals surface area contributed by atoms with Gasteiger partial charge in [0.25, 0.3) is 0 Å². The van der Waals surface area contributed by atoms with Gasteiger partial charge in [0.05, 0.1) is 26.2 Å². The highest BCUT2D eigenvalue weighted by molar-refractivity contribution is 5.70. The highest BCUT2D eigenvalue weighted by Crippen LogP contribution is 2.16. The summed E-state index contributed by atoms with van der Waals surface area (Å²) in [6, 6.07) is 7.36. The lowest BCUT2D eigenvalue weighted by atomic mass is 10.2. The second-order valence-corrected chi connectivity index (χ2v) is 3.78. The average Bonchev–Trinajstić information content (AvgIpc) is 2.37. The van der Waals surface area contributed by atoms with Crippen LogP contribution in [0.25, 0.3) is 0 Å². The van der Waals surface area contributed by atoms with E-state index >= 15 is 0 Å². The number of anilines is 1. The molecule has 0 spiro atoms. The molecule has 18 heavy (non-hydrogen) atoms. The topological polar surface area (TPSA) is 67.8 Å². The molecule has 2 N–H and O–H groups in total. The maximum Gasteiger partial charge on any atom is 0.308 e. The molecule has 0 radical (unpaired) electrons. The SMILES string of the molecule is CCOC(=O)CC(O)CNc1cccc(OC)c1. The van der Waals surface area contributed by atoms with E-state index in [0.717, 1.165) is 11.4 Å². The number of aliphatic hydroxyl groups is 1. The molecule has 0 aliphatic rings. The van der Waals surface area contributed by atoms with E-state index in [-0.39, 0.29) is 13.0 Å². The van der Waals surface area contributed by atoms with E-state index in [1.807, 2.05) is 24.3 Å². The Hall–Kier alpha value is -1.75. The number of carbonyl (C=O) groups is 1. The highest BCUT2D eigenvalue weighted by atomic mass is 16.5. The van der Waals surface area contributed by atoms with E-state index in [1.54, 1.807) is 14.0 Å². The Morgan fingerprint density at radius 1 is 1.50 bits per heavy atom. The van der Waals surface area contributed by atoms with Gasteiger partial charge in [0, 0.05) is 18.3 Å². The smallest absolute Gasteiger partial charge is 0.308 e. The van der Waals surface area contributed by atoms with E-state index in [1.165, 1.54) is 0 Å². The van der Waals surface area contributed by atoms with Crippen molar-refractivity contribution in [1.82, 2.24) is 0 Å². The van der Waals surface area contributed by atoms with Crippen LogP contribution in [0, 0.1) is 0 Å². The summed E-state index contributed by atoms with van der Waals surface area (Å²) in [5.74, 6) is 0.345. The molecule has 1 rings (SSSR count). The molecule has 1 atom stereocenters. The third-order valence-corrected chi connectivity index (χ3v) is 2.32. The summed E-state index contributed by atoms with van der Waals surface area (Å²) in [6.07, 6.45) is -0.777. The number of ether oxygens (including phenoxy) is 2. The van der Waals surface area contributed by atoms with E-state index in [2.05, 4.69) is 5.32 Å². The zero-order valence-electron chi connectivity index (χ0n) is 10.7. The number of hydrogen-bond acceptors (Lipinski definition) is 5. The Labute approximate surface area is 107 Å². The fourth-order valence-corrected chi connectivity index (χ4v) is 1.45. The normalized spacial score (nSPS) is 11.7.